The SMILES string of the molecule is CN1CCC(CN(C)C(=O)N[C@H]2CCCN(c3ccccc3Cl)C2)CC1. The van der Waals surface area contributed by atoms with Crippen molar-refractivity contribution in [1.82, 2.24) is 15.1 Å². The van der Waals surface area contributed by atoms with E-state index in [-0.39, 0.29) is 12.1 Å². The highest BCUT2D eigenvalue weighted by Gasteiger charge is 2.25. The molecule has 5 nitrogen and oxygen atoms in total. The van der Waals surface area contributed by atoms with E-state index in [2.05, 4.69) is 28.2 Å². The topological polar surface area (TPSA) is 38.8 Å². The Morgan fingerprint density at radius 1 is 1.23 bits per heavy atom. The molecular weight excluding hydrogens is 348 g/mol. The van der Waals surface area contributed by atoms with Gasteiger partial charge in [0.05, 0.1) is 10.7 Å². The molecule has 2 amide bonds. The number of para-hydroxylation sites is 1. The molecule has 26 heavy (non-hydrogen) atoms. The lowest BCUT2D eigenvalue weighted by Crippen LogP contribution is -2.51. The molecule has 6 heteroatoms. The van der Waals surface area contributed by atoms with Gasteiger partial charge in [0, 0.05) is 32.7 Å². The summed E-state index contributed by atoms with van der Waals surface area (Å²) < 4.78 is 0. The lowest BCUT2D eigenvalue weighted by atomic mass is 9.97. The first kappa shape index (κ1) is 19.3. The number of hydrogen-bond donors (Lipinski definition) is 1. The number of carbonyl (C=O) groups is 1. The summed E-state index contributed by atoms with van der Waals surface area (Å²) in [4.78, 5) is 19.1. The first-order chi connectivity index (χ1) is 12.5. The first-order valence-electron chi connectivity index (χ1n) is 9.72. The molecule has 1 aromatic rings. The maximum Gasteiger partial charge on any atom is 0.317 e. The van der Waals surface area contributed by atoms with Crippen LogP contribution >= 0.6 is 11.6 Å². The van der Waals surface area contributed by atoms with Crippen molar-refractivity contribution in [1.29, 1.82) is 0 Å². The van der Waals surface area contributed by atoms with Crippen molar-refractivity contribution in [2.75, 3.05) is 51.7 Å². The summed E-state index contributed by atoms with van der Waals surface area (Å²) in [5, 5.41) is 4.00. The quantitative estimate of drug-likeness (QED) is 0.873. The van der Waals surface area contributed by atoms with Crippen molar-refractivity contribution in [3.63, 3.8) is 0 Å². The molecule has 2 saturated heterocycles. The number of benzene rings is 1. The van der Waals surface area contributed by atoms with Crippen LogP contribution < -0.4 is 10.2 Å². The van der Waals surface area contributed by atoms with Gasteiger partial charge in [-0.15, -0.1) is 0 Å². The second-order valence-corrected chi connectivity index (χ2v) is 8.22. The number of nitrogens with one attached hydrogen (secondary N) is 1. The van der Waals surface area contributed by atoms with Gasteiger partial charge in [0.2, 0.25) is 0 Å². The third-order valence-corrected chi connectivity index (χ3v) is 5.98. The lowest BCUT2D eigenvalue weighted by molar-refractivity contribution is 0.167. The summed E-state index contributed by atoms with van der Waals surface area (Å²) in [6, 6.07) is 8.17. The number of piperidine rings is 2. The second kappa shape index (κ2) is 8.96. The molecular formula is C20H31ClN4O. The second-order valence-electron chi connectivity index (χ2n) is 7.81. The van der Waals surface area contributed by atoms with Crippen LogP contribution in [0.1, 0.15) is 25.7 Å². The predicted molar refractivity (Wildman–Crippen MR) is 108 cm³/mol. The van der Waals surface area contributed by atoms with E-state index >= 15 is 0 Å². The van der Waals surface area contributed by atoms with E-state index in [9.17, 15) is 4.79 Å². The van der Waals surface area contributed by atoms with Gasteiger partial charge in [-0.1, -0.05) is 23.7 Å². The van der Waals surface area contributed by atoms with Gasteiger partial charge in [-0.3, -0.25) is 0 Å². The van der Waals surface area contributed by atoms with Crippen molar-refractivity contribution in [3.8, 4) is 0 Å². The van der Waals surface area contributed by atoms with Gasteiger partial charge in [0.25, 0.3) is 0 Å². The van der Waals surface area contributed by atoms with E-state index in [4.69, 9.17) is 11.6 Å². The van der Waals surface area contributed by atoms with Crippen LogP contribution in [-0.4, -0.2) is 68.7 Å². The molecule has 2 aliphatic rings. The van der Waals surface area contributed by atoms with Gasteiger partial charge in [-0.25, -0.2) is 4.79 Å². The zero-order valence-electron chi connectivity index (χ0n) is 16.0. The minimum absolute atomic E-state index is 0.0509. The minimum atomic E-state index is 0.0509. The molecule has 0 unspecified atom stereocenters. The normalized spacial score (nSPS) is 22.3. The van der Waals surface area contributed by atoms with E-state index < -0.39 is 0 Å². The maximum absolute atomic E-state index is 12.6. The fourth-order valence-corrected chi connectivity index (χ4v) is 4.28. The largest absolute Gasteiger partial charge is 0.368 e. The molecule has 0 bridgehead atoms. The zero-order valence-corrected chi connectivity index (χ0v) is 16.7. The van der Waals surface area contributed by atoms with E-state index in [1.54, 1.807) is 0 Å². The van der Waals surface area contributed by atoms with Gasteiger partial charge in [0.15, 0.2) is 0 Å². The fourth-order valence-electron chi connectivity index (χ4n) is 4.02. The van der Waals surface area contributed by atoms with Crippen LogP contribution in [0, 0.1) is 5.92 Å². The van der Waals surface area contributed by atoms with Crippen molar-refractivity contribution in [2.24, 2.45) is 5.92 Å². The summed E-state index contributed by atoms with van der Waals surface area (Å²) in [6.45, 7) is 4.92. The monoisotopic (exact) mass is 378 g/mol. The summed E-state index contributed by atoms with van der Waals surface area (Å²) >= 11 is 6.34. The number of likely N-dealkylation sites (tertiary alicyclic amines) is 1. The Kier molecular flexibility index (Phi) is 6.65. The van der Waals surface area contributed by atoms with Crippen LogP contribution in [0.5, 0.6) is 0 Å². The first-order valence-corrected chi connectivity index (χ1v) is 10.1. The molecule has 0 saturated carbocycles. The van der Waals surface area contributed by atoms with Gasteiger partial charge in [-0.2, -0.15) is 0 Å². The smallest absolute Gasteiger partial charge is 0.317 e. The average Bonchev–Trinajstić information content (AvgIpc) is 2.64. The summed E-state index contributed by atoms with van der Waals surface area (Å²) in [5.41, 5.74) is 1.06. The summed E-state index contributed by atoms with van der Waals surface area (Å²) in [5.74, 6) is 0.618. The average molecular weight is 379 g/mol. The van der Waals surface area contributed by atoms with Gasteiger partial charge in [-0.05, 0) is 63.9 Å². The van der Waals surface area contributed by atoms with E-state index in [1.165, 1.54) is 12.8 Å². The standard InChI is InChI=1S/C20H31ClN4O/c1-23-12-9-16(10-13-23)14-24(2)20(26)22-17-6-5-11-25(15-17)19-8-4-3-7-18(19)21/h3-4,7-8,16-17H,5-6,9-15H2,1-2H3,(H,22,26)/t17-/m0/s1. The molecule has 0 spiro atoms. The Bertz CT molecular complexity index is 603. The van der Waals surface area contributed by atoms with Crippen molar-refractivity contribution in [2.45, 2.75) is 31.7 Å². The molecule has 3 rings (SSSR count). The third-order valence-electron chi connectivity index (χ3n) is 5.66. The molecule has 2 heterocycles. The number of amides is 2. The number of urea groups is 1. The van der Waals surface area contributed by atoms with Gasteiger partial charge >= 0.3 is 6.03 Å². The fraction of sp³-hybridized carbons (Fsp3) is 0.650. The number of halogens is 1. The molecule has 1 N–H and O–H groups in total. The van der Waals surface area contributed by atoms with E-state index in [0.29, 0.717) is 5.92 Å². The van der Waals surface area contributed by atoms with Crippen LogP contribution in [0.4, 0.5) is 10.5 Å². The van der Waals surface area contributed by atoms with Crippen molar-refractivity contribution < 1.29 is 4.79 Å². The minimum Gasteiger partial charge on any atom is -0.368 e. The van der Waals surface area contributed by atoms with E-state index in [1.807, 2.05) is 30.1 Å². The van der Waals surface area contributed by atoms with Crippen LogP contribution in [0.15, 0.2) is 24.3 Å². The van der Waals surface area contributed by atoms with Crippen LogP contribution in [-0.2, 0) is 0 Å². The van der Waals surface area contributed by atoms with Gasteiger partial charge in [0.1, 0.15) is 0 Å². The number of hydrogen-bond acceptors (Lipinski definition) is 3. The number of anilines is 1. The molecule has 2 aliphatic heterocycles. The highest BCUT2D eigenvalue weighted by atomic mass is 35.5. The van der Waals surface area contributed by atoms with Crippen molar-refractivity contribution >= 4 is 23.3 Å². The van der Waals surface area contributed by atoms with Crippen LogP contribution in [0.2, 0.25) is 5.02 Å². The predicted octanol–water partition coefficient (Wildman–Crippen LogP) is 3.29. The molecule has 2 fully saturated rings. The van der Waals surface area contributed by atoms with Crippen LogP contribution in [0.3, 0.4) is 0 Å². The Morgan fingerprint density at radius 3 is 2.69 bits per heavy atom. The molecule has 0 radical (unpaired) electrons. The summed E-state index contributed by atoms with van der Waals surface area (Å²) in [7, 11) is 4.09. The van der Waals surface area contributed by atoms with E-state index in [0.717, 1.165) is 56.3 Å². The third kappa shape index (κ3) is 5.04. The van der Waals surface area contributed by atoms with Crippen LogP contribution in [0.25, 0.3) is 0 Å². The molecule has 0 aromatic heterocycles. The van der Waals surface area contributed by atoms with Crippen molar-refractivity contribution in [3.05, 3.63) is 29.3 Å². The molecule has 1 atom stereocenters. The Balaban J connectivity index is 1.50. The van der Waals surface area contributed by atoms with Gasteiger partial charge < -0.3 is 20.0 Å². The maximum atomic E-state index is 12.6. The Hall–Kier alpha value is -1.46. The summed E-state index contributed by atoms with van der Waals surface area (Å²) in [6.07, 6.45) is 4.44. The molecule has 0 aliphatic carbocycles. The number of carbonyl (C=O) groups excluding carboxylic acids is 1. The lowest BCUT2D eigenvalue weighted by Gasteiger charge is -2.36. The zero-order chi connectivity index (χ0) is 18.5. The Labute approximate surface area is 162 Å². The highest BCUT2D eigenvalue weighted by Crippen LogP contribution is 2.27. The molecule has 1 aromatic carbocycles. The highest BCUT2D eigenvalue weighted by molar-refractivity contribution is 6.33. The number of rotatable bonds is 4. The Morgan fingerprint density at radius 2 is 1.96 bits per heavy atom. The number of nitrogens with zero attached hydrogens (tertiary/aromatic N) is 3. The molecule has 144 valence electrons.